The molecule has 0 aromatic carbocycles. The molecule has 0 saturated carbocycles. The number of nitrogens with one attached hydrogen (secondary N) is 2. The monoisotopic (exact) mass is 265 g/mol. The Morgan fingerprint density at radius 2 is 2.32 bits per heavy atom. The third-order valence-corrected chi connectivity index (χ3v) is 2.75. The number of methoxy groups -OCH3 is 1. The number of pyridine rings is 1. The average molecular weight is 265 g/mol. The Labute approximate surface area is 114 Å². The summed E-state index contributed by atoms with van der Waals surface area (Å²) in [6.07, 6.45) is 3.78. The van der Waals surface area contributed by atoms with Crippen LogP contribution in [0.15, 0.2) is 18.3 Å². The van der Waals surface area contributed by atoms with Crippen molar-refractivity contribution in [2.75, 3.05) is 13.7 Å². The summed E-state index contributed by atoms with van der Waals surface area (Å²) in [6.45, 7) is 5.07. The molecule has 0 fully saturated rings. The lowest BCUT2D eigenvalue weighted by molar-refractivity contribution is -0.120. The van der Waals surface area contributed by atoms with Crippen LogP contribution < -0.4 is 15.4 Å². The van der Waals surface area contributed by atoms with Crippen molar-refractivity contribution in [3.05, 3.63) is 23.9 Å². The van der Waals surface area contributed by atoms with Crippen LogP contribution >= 0.6 is 0 Å². The summed E-state index contributed by atoms with van der Waals surface area (Å²) < 4.78 is 5.04. The second-order valence-electron chi connectivity index (χ2n) is 4.57. The Morgan fingerprint density at radius 3 is 3.00 bits per heavy atom. The van der Waals surface area contributed by atoms with Gasteiger partial charge in [-0.3, -0.25) is 4.79 Å². The predicted octanol–water partition coefficient (Wildman–Crippen LogP) is 1.48. The van der Waals surface area contributed by atoms with E-state index in [0.717, 1.165) is 18.4 Å². The van der Waals surface area contributed by atoms with E-state index in [9.17, 15) is 4.79 Å². The maximum atomic E-state index is 11.6. The van der Waals surface area contributed by atoms with Gasteiger partial charge >= 0.3 is 0 Å². The first-order chi connectivity index (χ1) is 9.15. The Balaban J connectivity index is 2.27. The zero-order chi connectivity index (χ0) is 14.1. The molecule has 0 spiro atoms. The number of rotatable bonds is 8. The molecule has 106 valence electrons. The van der Waals surface area contributed by atoms with Crippen molar-refractivity contribution >= 4 is 5.91 Å². The second-order valence-corrected chi connectivity index (χ2v) is 4.57. The Bertz CT molecular complexity index is 396. The number of carbonyl (C=O) groups excluding carboxylic acids is 1. The standard InChI is InChI=1S/C14H23N3O2/c1-4-5-11(2)17-13(18)10-15-9-12-6-7-16-14(8-12)19-3/h6-8,11,15H,4-5,9-10H2,1-3H3,(H,17,18). The van der Waals surface area contributed by atoms with Crippen molar-refractivity contribution in [3.63, 3.8) is 0 Å². The summed E-state index contributed by atoms with van der Waals surface area (Å²) in [7, 11) is 1.59. The molecular weight excluding hydrogens is 242 g/mol. The van der Waals surface area contributed by atoms with E-state index < -0.39 is 0 Å². The number of hydrogen-bond acceptors (Lipinski definition) is 4. The molecule has 1 aromatic heterocycles. The molecular formula is C14H23N3O2. The molecule has 5 heteroatoms. The van der Waals surface area contributed by atoms with Crippen LogP contribution in [0.3, 0.4) is 0 Å². The van der Waals surface area contributed by atoms with Crippen LogP contribution in [0.4, 0.5) is 0 Å². The van der Waals surface area contributed by atoms with Crippen molar-refractivity contribution in [1.82, 2.24) is 15.6 Å². The number of amides is 1. The van der Waals surface area contributed by atoms with Crippen molar-refractivity contribution < 1.29 is 9.53 Å². The second kappa shape index (κ2) is 8.48. The largest absolute Gasteiger partial charge is 0.481 e. The van der Waals surface area contributed by atoms with Gasteiger partial charge in [-0.2, -0.15) is 0 Å². The molecule has 2 N–H and O–H groups in total. The molecule has 19 heavy (non-hydrogen) atoms. The van der Waals surface area contributed by atoms with Gasteiger partial charge in [0.1, 0.15) is 0 Å². The highest BCUT2D eigenvalue weighted by molar-refractivity contribution is 5.78. The topological polar surface area (TPSA) is 63.2 Å². The molecule has 0 aliphatic heterocycles. The van der Waals surface area contributed by atoms with Crippen molar-refractivity contribution in [1.29, 1.82) is 0 Å². The molecule has 5 nitrogen and oxygen atoms in total. The zero-order valence-corrected chi connectivity index (χ0v) is 11.9. The van der Waals surface area contributed by atoms with Gasteiger partial charge < -0.3 is 15.4 Å². The third kappa shape index (κ3) is 6.20. The highest BCUT2D eigenvalue weighted by Gasteiger charge is 2.05. The van der Waals surface area contributed by atoms with Crippen LogP contribution in [0.1, 0.15) is 32.3 Å². The summed E-state index contributed by atoms with van der Waals surface area (Å²) in [6, 6.07) is 3.98. The lowest BCUT2D eigenvalue weighted by Crippen LogP contribution is -2.38. The fraction of sp³-hybridized carbons (Fsp3) is 0.571. The molecule has 0 saturated heterocycles. The Morgan fingerprint density at radius 1 is 1.53 bits per heavy atom. The van der Waals surface area contributed by atoms with Crippen molar-refractivity contribution in [2.45, 2.75) is 39.3 Å². The fourth-order valence-corrected chi connectivity index (χ4v) is 1.82. The molecule has 0 bridgehead atoms. The van der Waals surface area contributed by atoms with E-state index in [4.69, 9.17) is 4.74 Å². The molecule has 1 unspecified atom stereocenters. The van der Waals surface area contributed by atoms with E-state index in [1.54, 1.807) is 13.3 Å². The lowest BCUT2D eigenvalue weighted by Gasteiger charge is -2.13. The van der Waals surface area contributed by atoms with Crippen LogP contribution in [0.25, 0.3) is 0 Å². The minimum atomic E-state index is 0.0296. The van der Waals surface area contributed by atoms with Gasteiger partial charge in [0.2, 0.25) is 11.8 Å². The first-order valence-corrected chi connectivity index (χ1v) is 6.64. The fourth-order valence-electron chi connectivity index (χ4n) is 1.82. The van der Waals surface area contributed by atoms with E-state index >= 15 is 0 Å². The first-order valence-electron chi connectivity index (χ1n) is 6.64. The van der Waals surface area contributed by atoms with Gasteiger partial charge in [0.15, 0.2) is 0 Å². The van der Waals surface area contributed by atoms with Crippen LogP contribution in [0.5, 0.6) is 5.88 Å². The van der Waals surface area contributed by atoms with Crippen LogP contribution in [-0.4, -0.2) is 30.6 Å². The number of aromatic nitrogens is 1. The summed E-state index contributed by atoms with van der Waals surface area (Å²) in [5, 5.41) is 6.06. The highest BCUT2D eigenvalue weighted by atomic mass is 16.5. The maximum absolute atomic E-state index is 11.6. The average Bonchev–Trinajstić information content (AvgIpc) is 2.39. The normalized spacial score (nSPS) is 11.9. The minimum Gasteiger partial charge on any atom is -0.481 e. The smallest absolute Gasteiger partial charge is 0.234 e. The van der Waals surface area contributed by atoms with E-state index in [1.807, 2.05) is 19.1 Å². The Kier molecular flexibility index (Phi) is 6.89. The summed E-state index contributed by atoms with van der Waals surface area (Å²) in [5.41, 5.74) is 1.04. The number of carbonyl (C=O) groups is 1. The number of ether oxygens (including phenoxy) is 1. The molecule has 1 rings (SSSR count). The predicted molar refractivity (Wildman–Crippen MR) is 75.0 cm³/mol. The highest BCUT2D eigenvalue weighted by Crippen LogP contribution is 2.07. The minimum absolute atomic E-state index is 0.0296. The summed E-state index contributed by atoms with van der Waals surface area (Å²) >= 11 is 0. The Hall–Kier alpha value is -1.62. The van der Waals surface area contributed by atoms with Gasteiger partial charge in [0, 0.05) is 24.8 Å². The van der Waals surface area contributed by atoms with Gasteiger partial charge in [0.25, 0.3) is 0 Å². The first kappa shape index (κ1) is 15.4. The van der Waals surface area contributed by atoms with Crippen LogP contribution in [0.2, 0.25) is 0 Å². The van der Waals surface area contributed by atoms with Gasteiger partial charge in [0.05, 0.1) is 13.7 Å². The van der Waals surface area contributed by atoms with Gasteiger partial charge in [-0.05, 0) is 25.0 Å². The molecule has 1 atom stereocenters. The summed E-state index contributed by atoms with van der Waals surface area (Å²) in [5.74, 6) is 0.613. The quantitative estimate of drug-likeness (QED) is 0.747. The third-order valence-electron chi connectivity index (χ3n) is 2.75. The number of nitrogens with zero attached hydrogens (tertiary/aromatic N) is 1. The van der Waals surface area contributed by atoms with Gasteiger partial charge in [-0.25, -0.2) is 4.98 Å². The lowest BCUT2D eigenvalue weighted by atomic mass is 10.2. The molecule has 0 radical (unpaired) electrons. The van der Waals surface area contributed by atoms with Crippen LogP contribution in [-0.2, 0) is 11.3 Å². The molecule has 0 aliphatic rings. The summed E-state index contributed by atoms with van der Waals surface area (Å²) in [4.78, 5) is 15.7. The van der Waals surface area contributed by atoms with Crippen LogP contribution in [0, 0.1) is 0 Å². The van der Waals surface area contributed by atoms with E-state index in [2.05, 4.69) is 22.5 Å². The van der Waals surface area contributed by atoms with Gasteiger partial charge in [-0.1, -0.05) is 13.3 Å². The molecule has 1 heterocycles. The van der Waals surface area contributed by atoms with Gasteiger partial charge in [-0.15, -0.1) is 0 Å². The zero-order valence-electron chi connectivity index (χ0n) is 11.9. The van der Waals surface area contributed by atoms with Crippen molar-refractivity contribution in [3.8, 4) is 5.88 Å². The maximum Gasteiger partial charge on any atom is 0.234 e. The van der Waals surface area contributed by atoms with E-state index in [-0.39, 0.29) is 11.9 Å². The molecule has 1 aromatic rings. The van der Waals surface area contributed by atoms with Crippen molar-refractivity contribution in [2.24, 2.45) is 0 Å². The SMILES string of the molecule is CCCC(C)NC(=O)CNCc1ccnc(OC)c1. The number of hydrogen-bond donors (Lipinski definition) is 2. The molecule has 0 aliphatic carbocycles. The van der Waals surface area contributed by atoms with E-state index in [0.29, 0.717) is 19.0 Å². The molecule has 1 amide bonds. The van der Waals surface area contributed by atoms with E-state index in [1.165, 1.54) is 0 Å².